The van der Waals surface area contributed by atoms with Gasteiger partial charge in [-0.3, -0.25) is 4.90 Å². The number of sulfone groups is 1. The molecular weight excluding hydrogens is 286 g/mol. The Morgan fingerprint density at radius 1 is 1.33 bits per heavy atom. The molecule has 0 N–H and O–H groups in total. The molecule has 3 rings (SSSR count). The van der Waals surface area contributed by atoms with Gasteiger partial charge >= 0.3 is 0 Å². The average molecular weight is 309 g/mol. The second kappa shape index (κ2) is 5.97. The van der Waals surface area contributed by atoms with Crippen molar-refractivity contribution in [2.75, 3.05) is 31.7 Å². The molecule has 1 fully saturated rings. The summed E-state index contributed by atoms with van der Waals surface area (Å²) in [6.45, 7) is 3.03. The summed E-state index contributed by atoms with van der Waals surface area (Å²) >= 11 is 0. The van der Waals surface area contributed by atoms with Gasteiger partial charge in [0.15, 0.2) is 9.84 Å². The molecule has 116 valence electrons. The van der Waals surface area contributed by atoms with E-state index in [1.165, 1.54) is 11.1 Å². The smallest absolute Gasteiger partial charge is 0.150 e. The van der Waals surface area contributed by atoms with E-state index in [1.54, 1.807) is 7.11 Å². The Morgan fingerprint density at radius 2 is 2.19 bits per heavy atom. The summed E-state index contributed by atoms with van der Waals surface area (Å²) in [6.07, 6.45) is 2.91. The van der Waals surface area contributed by atoms with E-state index in [0.717, 1.165) is 44.6 Å². The predicted molar refractivity (Wildman–Crippen MR) is 83.4 cm³/mol. The van der Waals surface area contributed by atoms with E-state index < -0.39 is 9.84 Å². The zero-order valence-electron chi connectivity index (χ0n) is 12.5. The van der Waals surface area contributed by atoms with Crippen LogP contribution in [0.2, 0.25) is 0 Å². The molecule has 2 aliphatic heterocycles. The number of rotatable bonds is 4. The maximum atomic E-state index is 11.5. The Morgan fingerprint density at radius 3 is 2.90 bits per heavy atom. The van der Waals surface area contributed by atoms with Crippen molar-refractivity contribution in [3.8, 4) is 5.75 Å². The van der Waals surface area contributed by atoms with Gasteiger partial charge in [0.25, 0.3) is 0 Å². The van der Waals surface area contributed by atoms with E-state index in [4.69, 9.17) is 4.74 Å². The SMILES string of the molecule is COc1ccc2c(c1)CCN(CC[C@@H]1CCS(=O)(=O)C1)C2. The third-order valence-electron chi connectivity index (χ3n) is 4.69. The monoisotopic (exact) mass is 309 g/mol. The van der Waals surface area contributed by atoms with E-state index in [1.807, 2.05) is 6.07 Å². The van der Waals surface area contributed by atoms with E-state index in [0.29, 0.717) is 17.4 Å². The van der Waals surface area contributed by atoms with Gasteiger partial charge in [0.05, 0.1) is 18.6 Å². The Bertz CT molecular complexity index is 612. The van der Waals surface area contributed by atoms with Gasteiger partial charge in [0, 0.05) is 13.1 Å². The van der Waals surface area contributed by atoms with Crippen molar-refractivity contribution < 1.29 is 13.2 Å². The maximum Gasteiger partial charge on any atom is 0.150 e. The number of methoxy groups -OCH3 is 1. The third-order valence-corrected chi connectivity index (χ3v) is 6.52. The number of hydrogen-bond donors (Lipinski definition) is 0. The summed E-state index contributed by atoms with van der Waals surface area (Å²) in [6, 6.07) is 6.31. The van der Waals surface area contributed by atoms with Crippen LogP contribution in [-0.4, -0.2) is 45.0 Å². The van der Waals surface area contributed by atoms with Gasteiger partial charge in [-0.1, -0.05) is 6.07 Å². The molecule has 0 spiro atoms. The first-order valence-electron chi connectivity index (χ1n) is 7.64. The van der Waals surface area contributed by atoms with Crippen molar-refractivity contribution in [1.82, 2.24) is 4.90 Å². The van der Waals surface area contributed by atoms with Gasteiger partial charge in [-0.25, -0.2) is 8.42 Å². The molecule has 0 bridgehead atoms. The predicted octanol–water partition coefficient (Wildman–Crippen LogP) is 1.88. The van der Waals surface area contributed by atoms with Crippen LogP contribution in [0.5, 0.6) is 5.75 Å². The highest BCUT2D eigenvalue weighted by Gasteiger charge is 2.28. The zero-order valence-corrected chi connectivity index (χ0v) is 13.4. The van der Waals surface area contributed by atoms with E-state index >= 15 is 0 Å². The second-order valence-corrected chi connectivity index (χ2v) is 8.45. The standard InChI is InChI=1S/C16H23NO3S/c1-20-16-3-2-15-11-17(8-5-14(15)10-16)7-4-13-6-9-21(18,19)12-13/h2-3,10,13H,4-9,11-12H2,1H3/t13-/m1/s1. The fourth-order valence-electron chi connectivity index (χ4n) is 3.37. The lowest BCUT2D eigenvalue weighted by molar-refractivity contribution is 0.237. The van der Waals surface area contributed by atoms with Crippen LogP contribution in [0.3, 0.4) is 0 Å². The lowest BCUT2D eigenvalue weighted by Crippen LogP contribution is -2.32. The van der Waals surface area contributed by atoms with Crippen molar-refractivity contribution >= 4 is 9.84 Å². The molecule has 1 aromatic carbocycles. The minimum atomic E-state index is -2.74. The third kappa shape index (κ3) is 3.58. The van der Waals surface area contributed by atoms with Gasteiger partial charge in [-0.15, -0.1) is 0 Å². The summed E-state index contributed by atoms with van der Waals surface area (Å²) in [7, 11) is -1.04. The molecule has 0 aliphatic carbocycles. The molecule has 0 radical (unpaired) electrons. The fraction of sp³-hybridized carbons (Fsp3) is 0.625. The molecule has 0 unspecified atom stereocenters. The number of hydrogen-bond acceptors (Lipinski definition) is 4. The van der Waals surface area contributed by atoms with Gasteiger partial charge in [0.1, 0.15) is 5.75 Å². The number of fused-ring (bicyclic) bond motifs is 1. The van der Waals surface area contributed by atoms with Crippen molar-refractivity contribution in [2.45, 2.75) is 25.8 Å². The molecular formula is C16H23NO3S. The molecule has 2 aliphatic rings. The molecule has 21 heavy (non-hydrogen) atoms. The first kappa shape index (κ1) is 14.9. The lowest BCUT2D eigenvalue weighted by Gasteiger charge is -2.29. The molecule has 1 aromatic rings. The molecule has 0 saturated carbocycles. The molecule has 2 heterocycles. The summed E-state index contributed by atoms with van der Waals surface area (Å²) in [5, 5.41) is 0. The quantitative estimate of drug-likeness (QED) is 0.852. The largest absolute Gasteiger partial charge is 0.497 e. The Balaban J connectivity index is 1.55. The van der Waals surface area contributed by atoms with Crippen molar-refractivity contribution in [3.05, 3.63) is 29.3 Å². The number of benzene rings is 1. The van der Waals surface area contributed by atoms with Crippen molar-refractivity contribution in [2.24, 2.45) is 5.92 Å². The average Bonchev–Trinajstić information content (AvgIpc) is 2.83. The molecule has 0 amide bonds. The van der Waals surface area contributed by atoms with Crippen molar-refractivity contribution in [1.29, 1.82) is 0 Å². The molecule has 0 aromatic heterocycles. The van der Waals surface area contributed by atoms with Crippen LogP contribution in [0.1, 0.15) is 24.0 Å². The number of nitrogens with zero attached hydrogens (tertiary/aromatic N) is 1. The minimum Gasteiger partial charge on any atom is -0.497 e. The second-order valence-electron chi connectivity index (χ2n) is 6.22. The summed E-state index contributed by atoms with van der Waals surface area (Å²) in [5.74, 6) is 2.08. The number of ether oxygens (including phenoxy) is 1. The topological polar surface area (TPSA) is 46.6 Å². The Kier molecular flexibility index (Phi) is 4.22. The first-order valence-corrected chi connectivity index (χ1v) is 9.46. The minimum absolute atomic E-state index is 0.368. The van der Waals surface area contributed by atoms with E-state index in [2.05, 4.69) is 17.0 Å². The van der Waals surface area contributed by atoms with Crippen LogP contribution in [0.25, 0.3) is 0 Å². The van der Waals surface area contributed by atoms with Crippen LogP contribution < -0.4 is 4.74 Å². The van der Waals surface area contributed by atoms with Gasteiger partial charge in [-0.05, 0) is 55.0 Å². The summed E-state index contributed by atoms with van der Waals surface area (Å²) < 4.78 is 28.3. The highest BCUT2D eigenvalue weighted by atomic mass is 32.2. The highest BCUT2D eigenvalue weighted by molar-refractivity contribution is 7.91. The highest BCUT2D eigenvalue weighted by Crippen LogP contribution is 2.26. The molecule has 5 heteroatoms. The van der Waals surface area contributed by atoms with Gasteiger partial charge < -0.3 is 4.74 Å². The van der Waals surface area contributed by atoms with Crippen LogP contribution >= 0.6 is 0 Å². The van der Waals surface area contributed by atoms with Crippen LogP contribution in [0.15, 0.2) is 18.2 Å². The van der Waals surface area contributed by atoms with Crippen LogP contribution in [0, 0.1) is 5.92 Å². The molecule has 1 atom stereocenters. The lowest BCUT2D eigenvalue weighted by atomic mass is 9.98. The van der Waals surface area contributed by atoms with E-state index in [9.17, 15) is 8.42 Å². The zero-order chi connectivity index (χ0) is 14.9. The summed E-state index contributed by atoms with van der Waals surface area (Å²) in [4.78, 5) is 2.44. The van der Waals surface area contributed by atoms with E-state index in [-0.39, 0.29) is 0 Å². The van der Waals surface area contributed by atoms with Gasteiger partial charge in [-0.2, -0.15) is 0 Å². The van der Waals surface area contributed by atoms with Crippen LogP contribution in [0.4, 0.5) is 0 Å². The fourth-order valence-corrected chi connectivity index (χ4v) is 5.28. The normalized spacial score (nSPS) is 24.7. The Hall–Kier alpha value is -1.07. The first-order chi connectivity index (χ1) is 10.1. The maximum absolute atomic E-state index is 11.5. The van der Waals surface area contributed by atoms with Crippen molar-refractivity contribution in [3.63, 3.8) is 0 Å². The van der Waals surface area contributed by atoms with Crippen LogP contribution in [-0.2, 0) is 22.8 Å². The summed E-state index contributed by atoms with van der Waals surface area (Å²) in [5.41, 5.74) is 2.76. The van der Waals surface area contributed by atoms with Gasteiger partial charge in [0.2, 0.25) is 0 Å². The molecule has 4 nitrogen and oxygen atoms in total. The Labute approximate surface area is 127 Å². The molecule has 1 saturated heterocycles.